The van der Waals surface area contributed by atoms with Crippen molar-refractivity contribution < 1.29 is 4.79 Å². The summed E-state index contributed by atoms with van der Waals surface area (Å²) in [6.45, 7) is 10.5. The third kappa shape index (κ3) is 3.42. The quantitative estimate of drug-likeness (QED) is 0.781. The summed E-state index contributed by atoms with van der Waals surface area (Å²) in [6.07, 6.45) is 2.16. The lowest BCUT2D eigenvalue weighted by atomic mass is 10.1. The van der Waals surface area contributed by atoms with Crippen LogP contribution in [0, 0.1) is 5.92 Å². The van der Waals surface area contributed by atoms with Gasteiger partial charge in [0.15, 0.2) is 0 Å². The second-order valence-corrected chi connectivity index (χ2v) is 5.67. The summed E-state index contributed by atoms with van der Waals surface area (Å²) in [5.74, 6) is 1.04. The van der Waals surface area contributed by atoms with E-state index in [2.05, 4.69) is 24.1 Å². The standard InChI is InChI=1S/C13H25N3O/c1-11(2)10-15-6-8-16(9-7-15)13(17)12-4-3-5-14-12/h11-12,14H,3-10H2,1-2H3/t12-/m0/s1. The molecule has 0 saturated carbocycles. The number of carbonyl (C=O) groups is 1. The number of nitrogens with zero attached hydrogens (tertiary/aromatic N) is 2. The van der Waals surface area contributed by atoms with Gasteiger partial charge in [-0.2, -0.15) is 0 Å². The van der Waals surface area contributed by atoms with E-state index in [9.17, 15) is 4.79 Å². The molecule has 0 aromatic rings. The minimum absolute atomic E-state index is 0.103. The van der Waals surface area contributed by atoms with Crippen molar-refractivity contribution in [2.24, 2.45) is 5.92 Å². The van der Waals surface area contributed by atoms with Gasteiger partial charge in [-0.3, -0.25) is 9.69 Å². The van der Waals surface area contributed by atoms with Gasteiger partial charge in [0.1, 0.15) is 0 Å². The lowest BCUT2D eigenvalue weighted by Gasteiger charge is -2.36. The normalized spacial score (nSPS) is 26.8. The van der Waals surface area contributed by atoms with Gasteiger partial charge >= 0.3 is 0 Å². The number of amides is 1. The molecule has 0 bridgehead atoms. The first-order valence-corrected chi connectivity index (χ1v) is 6.91. The number of piperazine rings is 1. The zero-order valence-corrected chi connectivity index (χ0v) is 11.1. The van der Waals surface area contributed by atoms with Gasteiger partial charge in [-0.15, -0.1) is 0 Å². The molecule has 2 saturated heterocycles. The molecule has 1 atom stereocenters. The number of hydrogen-bond acceptors (Lipinski definition) is 3. The highest BCUT2D eigenvalue weighted by atomic mass is 16.2. The van der Waals surface area contributed by atoms with Crippen LogP contribution in [0.4, 0.5) is 0 Å². The summed E-state index contributed by atoms with van der Waals surface area (Å²) in [4.78, 5) is 16.7. The van der Waals surface area contributed by atoms with Crippen LogP contribution in [0.5, 0.6) is 0 Å². The Morgan fingerprint density at radius 2 is 2.00 bits per heavy atom. The van der Waals surface area contributed by atoms with E-state index < -0.39 is 0 Å². The Hall–Kier alpha value is -0.610. The first-order valence-electron chi connectivity index (χ1n) is 6.91. The molecule has 1 N–H and O–H groups in total. The van der Waals surface area contributed by atoms with E-state index in [1.807, 2.05) is 4.90 Å². The van der Waals surface area contributed by atoms with Gasteiger partial charge in [-0.25, -0.2) is 0 Å². The lowest BCUT2D eigenvalue weighted by molar-refractivity contribution is -0.134. The molecule has 2 fully saturated rings. The molecule has 4 heteroatoms. The van der Waals surface area contributed by atoms with Crippen molar-refractivity contribution in [3.63, 3.8) is 0 Å². The molecule has 0 radical (unpaired) electrons. The average molecular weight is 239 g/mol. The highest BCUT2D eigenvalue weighted by molar-refractivity contribution is 5.82. The van der Waals surface area contributed by atoms with Crippen molar-refractivity contribution in [1.82, 2.24) is 15.1 Å². The first-order chi connectivity index (χ1) is 8.16. The van der Waals surface area contributed by atoms with Crippen LogP contribution in [-0.4, -0.2) is 61.0 Å². The Labute approximate surface area is 104 Å². The monoisotopic (exact) mass is 239 g/mol. The van der Waals surface area contributed by atoms with Crippen LogP contribution in [0.25, 0.3) is 0 Å². The maximum Gasteiger partial charge on any atom is 0.239 e. The number of carbonyl (C=O) groups excluding carboxylic acids is 1. The van der Waals surface area contributed by atoms with Gasteiger partial charge in [0.05, 0.1) is 6.04 Å². The van der Waals surface area contributed by atoms with E-state index >= 15 is 0 Å². The minimum atomic E-state index is 0.103. The molecule has 2 aliphatic heterocycles. The summed E-state index contributed by atoms with van der Waals surface area (Å²) < 4.78 is 0. The van der Waals surface area contributed by atoms with Gasteiger partial charge in [0.2, 0.25) is 5.91 Å². The molecule has 0 aliphatic carbocycles. The Bertz CT molecular complexity index is 253. The van der Waals surface area contributed by atoms with Gasteiger partial charge in [0.25, 0.3) is 0 Å². The zero-order valence-electron chi connectivity index (χ0n) is 11.1. The van der Waals surface area contributed by atoms with Crippen LogP contribution in [0.1, 0.15) is 26.7 Å². The third-order valence-corrected chi connectivity index (χ3v) is 3.67. The molecule has 17 heavy (non-hydrogen) atoms. The van der Waals surface area contributed by atoms with Crippen molar-refractivity contribution in [3.8, 4) is 0 Å². The minimum Gasteiger partial charge on any atom is -0.339 e. The van der Waals surface area contributed by atoms with E-state index in [0.29, 0.717) is 11.8 Å². The van der Waals surface area contributed by atoms with Crippen LogP contribution in [0.15, 0.2) is 0 Å². The largest absolute Gasteiger partial charge is 0.339 e. The second kappa shape index (κ2) is 5.83. The summed E-state index contributed by atoms with van der Waals surface area (Å²) in [5, 5.41) is 3.29. The van der Waals surface area contributed by atoms with Gasteiger partial charge < -0.3 is 10.2 Å². The van der Waals surface area contributed by atoms with Gasteiger partial charge in [-0.1, -0.05) is 13.8 Å². The number of hydrogen-bond donors (Lipinski definition) is 1. The second-order valence-electron chi connectivity index (χ2n) is 5.67. The fourth-order valence-electron chi connectivity index (χ4n) is 2.78. The Morgan fingerprint density at radius 3 is 2.53 bits per heavy atom. The molecule has 2 heterocycles. The van der Waals surface area contributed by atoms with Crippen molar-refractivity contribution in [3.05, 3.63) is 0 Å². The lowest BCUT2D eigenvalue weighted by Crippen LogP contribution is -2.53. The number of nitrogens with one attached hydrogen (secondary N) is 1. The summed E-state index contributed by atoms with van der Waals surface area (Å²) >= 11 is 0. The van der Waals surface area contributed by atoms with E-state index in [1.165, 1.54) is 0 Å². The molecule has 0 spiro atoms. The van der Waals surface area contributed by atoms with Crippen LogP contribution < -0.4 is 5.32 Å². The van der Waals surface area contributed by atoms with Crippen molar-refractivity contribution in [2.75, 3.05) is 39.3 Å². The van der Waals surface area contributed by atoms with Crippen LogP contribution >= 0.6 is 0 Å². The average Bonchev–Trinajstić information content (AvgIpc) is 2.82. The first kappa shape index (κ1) is 12.8. The third-order valence-electron chi connectivity index (χ3n) is 3.67. The highest BCUT2D eigenvalue weighted by Crippen LogP contribution is 2.11. The van der Waals surface area contributed by atoms with E-state index in [1.54, 1.807) is 0 Å². The Kier molecular flexibility index (Phi) is 4.40. The summed E-state index contributed by atoms with van der Waals surface area (Å²) in [6, 6.07) is 0.103. The molecule has 2 aliphatic rings. The summed E-state index contributed by atoms with van der Waals surface area (Å²) in [7, 11) is 0. The fraction of sp³-hybridized carbons (Fsp3) is 0.923. The van der Waals surface area contributed by atoms with Crippen molar-refractivity contribution in [2.45, 2.75) is 32.7 Å². The molecule has 0 aromatic heterocycles. The topological polar surface area (TPSA) is 35.6 Å². The SMILES string of the molecule is CC(C)CN1CCN(C(=O)[C@@H]2CCCN2)CC1. The molecular formula is C13H25N3O. The molecule has 98 valence electrons. The van der Waals surface area contributed by atoms with Crippen LogP contribution in [0.2, 0.25) is 0 Å². The summed E-state index contributed by atoms with van der Waals surface area (Å²) in [5.41, 5.74) is 0. The van der Waals surface area contributed by atoms with Crippen LogP contribution in [0.3, 0.4) is 0 Å². The highest BCUT2D eigenvalue weighted by Gasteiger charge is 2.29. The van der Waals surface area contributed by atoms with E-state index in [0.717, 1.165) is 52.1 Å². The smallest absolute Gasteiger partial charge is 0.239 e. The molecule has 0 unspecified atom stereocenters. The fourth-order valence-corrected chi connectivity index (χ4v) is 2.78. The molecule has 2 rings (SSSR count). The predicted octanol–water partition coefficient (Wildman–Crippen LogP) is 0.539. The molecule has 1 amide bonds. The van der Waals surface area contributed by atoms with E-state index in [4.69, 9.17) is 0 Å². The van der Waals surface area contributed by atoms with Gasteiger partial charge in [-0.05, 0) is 25.3 Å². The zero-order chi connectivity index (χ0) is 12.3. The Balaban J connectivity index is 1.76. The molecule has 0 aromatic carbocycles. The maximum absolute atomic E-state index is 12.2. The predicted molar refractivity (Wildman–Crippen MR) is 68.9 cm³/mol. The maximum atomic E-state index is 12.2. The van der Waals surface area contributed by atoms with Crippen molar-refractivity contribution >= 4 is 5.91 Å². The van der Waals surface area contributed by atoms with Crippen LogP contribution in [-0.2, 0) is 4.79 Å². The van der Waals surface area contributed by atoms with Crippen molar-refractivity contribution in [1.29, 1.82) is 0 Å². The van der Waals surface area contributed by atoms with Gasteiger partial charge in [0, 0.05) is 32.7 Å². The molecule has 4 nitrogen and oxygen atoms in total. The van der Waals surface area contributed by atoms with E-state index in [-0.39, 0.29) is 6.04 Å². The molecular weight excluding hydrogens is 214 g/mol. The number of rotatable bonds is 3. The Morgan fingerprint density at radius 1 is 1.29 bits per heavy atom.